The second-order valence-electron chi connectivity index (χ2n) is 4.52. The molecule has 4 heteroatoms. The quantitative estimate of drug-likeness (QED) is 0.891. The second kappa shape index (κ2) is 5.89. The lowest BCUT2D eigenvalue weighted by molar-refractivity contribution is 0.0698. The third-order valence-corrected chi connectivity index (χ3v) is 2.94. The van der Waals surface area contributed by atoms with Crippen molar-refractivity contribution < 1.29 is 9.90 Å². The van der Waals surface area contributed by atoms with Gasteiger partial charge in [0.2, 0.25) is 0 Å². The number of carbonyl (C=O) groups is 1. The van der Waals surface area contributed by atoms with E-state index in [4.69, 9.17) is 5.26 Å². The molecule has 2 aromatic rings. The van der Waals surface area contributed by atoms with Crippen molar-refractivity contribution in [1.82, 2.24) is 0 Å². The predicted octanol–water partition coefficient (Wildman–Crippen LogP) is 3.18. The summed E-state index contributed by atoms with van der Waals surface area (Å²) in [7, 11) is 0. The van der Waals surface area contributed by atoms with Gasteiger partial charge in [-0.3, -0.25) is 0 Å². The van der Waals surface area contributed by atoms with Crippen LogP contribution in [0.5, 0.6) is 0 Å². The number of aromatic carboxylic acids is 1. The van der Waals surface area contributed by atoms with Crippen molar-refractivity contribution in [3.05, 3.63) is 64.7 Å². The van der Waals surface area contributed by atoms with E-state index in [9.17, 15) is 9.90 Å². The average Bonchev–Trinajstić information content (AvgIpc) is 2.46. The summed E-state index contributed by atoms with van der Waals surface area (Å²) in [5.74, 6) is -0.957. The van der Waals surface area contributed by atoms with Gasteiger partial charge in [0.15, 0.2) is 0 Å². The minimum absolute atomic E-state index is 0.251. The first-order valence-corrected chi connectivity index (χ1v) is 6.17. The molecule has 0 aliphatic carbocycles. The molecule has 0 bridgehead atoms. The summed E-state index contributed by atoms with van der Waals surface area (Å²) in [6, 6.07) is 14.5. The molecule has 2 aromatic carbocycles. The van der Waals surface area contributed by atoms with Gasteiger partial charge in [-0.15, -0.1) is 0 Å². The van der Waals surface area contributed by atoms with Crippen LogP contribution < -0.4 is 5.32 Å². The van der Waals surface area contributed by atoms with E-state index in [1.165, 1.54) is 0 Å². The minimum Gasteiger partial charge on any atom is -0.478 e. The van der Waals surface area contributed by atoms with E-state index in [-0.39, 0.29) is 5.56 Å². The van der Waals surface area contributed by atoms with Crippen LogP contribution in [0.15, 0.2) is 42.5 Å². The Labute approximate surface area is 117 Å². The molecular weight excluding hydrogens is 252 g/mol. The number of hydrogen-bond acceptors (Lipinski definition) is 3. The number of nitrogens with one attached hydrogen (secondary N) is 1. The smallest absolute Gasteiger partial charge is 0.337 e. The molecule has 20 heavy (non-hydrogen) atoms. The third kappa shape index (κ3) is 3.15. The molecule has 0 saturated carbocycles. The molecule has 2 rings (SSSR count). The van der Waals surface area contributed by atoms with Gasteiger partial charge in [0, 0.05) is 12.2 Å². The molecule has 100 valence electrons. The summed E-state index contributed by atoms with van der Waals surface area (Å²) in [5, 5.41) is 21.1. The van der Waals surface area contributed by atoms with Gasteiger partial charge in [-0.1, -0.05) is 23.8 Å². The van der Waals surface area contributed by atoms with Gasteiger partial charge in [-0.05, 0) is 36.8 Å². The number of nitrogens with zero attached hydrogens (tertiary/aromatic N) is 1. The molecule has 0 fully saturated rings. The Morgan fingerprint density at radius 3 is 2.80 bits per heavy atom. The standard InChI is InChI=1S/C16H14N2O2/c1-11-5-6-15(14(7-11)16(19)20)18-10-13-4-2-3-12(8-13)9-17/h2-8,18H,10H2,1H3,(H,19,20). The van der Waals surface area contributed by atoms with Crippen molar-refractivity contribution in [2.75, 3.05) is 5.32 Å². The molecule has 0 atom stereocenters. The van der Waals surface area contributed by atoms with Crippen molar-refractivity contribution in [1.29, 1.82) is 5.26 Å². The van der Waals surface area contributed by atoms with Gasteiger partial charge in [-0.25, -0.2) is 4.79 Å². The molecule has 0 unspecified atom stereocenters. The number of anilines is 1. The van der Waals surface area contributed by atoms with Gasteiger partial charge in [0.1, 0.15) is 0 Å². The molecule has 0 aliphatic heterocycles. The van der Waals surface area contributed by atoms with Crippen molar-refractivity contribution in [3.63, 3.8) is 0 Å². The molecule has 2 N–H and O–H groups in total. The van der Waals surface area contributed by atoms with Gasteiger partial charge in [0.25, 0.3) is 0 Å². The maximum absolute atomic E-state index is 11.2. The monoisotopic (exact) mass is 266 g/mol. The van der Waals surface area contributed by atoms with E-state index in [2.05, 4.69) is 11.4 Å². The van der Waals surface area contributed by atoms with E-state index in [0.29, 0.717) is 17.8 Å². The Balaban J connectivity index is 2.19. The second-order valence-corrected chi connectivity index (χ2v) is 4.52. The van der Waals surface area contributed by atoms with Crippen molar-refractivity contribution in [2.24, 2.45) is 0 Å². The molecule has 0 aromatic heterocycles. The maximum atomic E-state index is 11.2. The fraction of sp³-hybridized carbons (Fsp3) is 0.125. The van der Waals surface area contributed by atoms with Crippen LogP contribution in [0.3, 0.4) is 0 Å². The topological polar surface area (TPSA) is 73.1 Å². The van der Waals surface area contributed by atoms with Crippen LogP contribution >= 0.6 is 0 Å². The fourth-order valence-corrected chi connectivity index (χ4v) is 1.94. The molecular formula is C16H14N2O2. The van der Waals surface area contributed by atoms with E-state index >= 15 is 0 Å². The number of nitriles is 1. The number of rotatable bonds is 4. The van der Waals surface area contributed by atoms with Gasteiger partial charge in [0.05, 0.1) is 17.2 Å². The Hall–Kier alpha value is -2.80. The number of carboxylic acids is 1. The zero-order valence-electron chi connectivity index (χ0n) is 11.1. The van der Waals surface area contributed by atoms with E-state index in [1.54, 1.807) is 24.3 Å². The highest BCUT2D eigenvalue weighted by atomic mass is 16.4. The lowest BCUT2D eigenvalue weighted by Gasteiger charge is -2.10. The molecule has 0 aliphatic rings. The largest absolute Gasteiger partial charge is 0.478 e. The average molecular weight is 266 g/mol. The maximum Gasteiger partial charge on any atom is 0.337 e. The van der Waals surface area contributed by atoms with Gasteiger partial charge in [-0.2, -0.15) is 5.26 Å². The summed E-state index contributed by atoms with van der Waals surface area (Å²) < 4.78 is 0. The fourth-order valence-electron chi connectivity index (χ4n) is 1.94. The van der Waals surface area contributed by atoms with Crippen LogP contribution in [0.2, 0.25) is 0 Å². The zero-order valence-corrected chi connectivity index (χ0v) is 11.1. The van der Waals surface area contributed by atoms with Gasteiger partial charge < -0.3 is 10.4 Å². The van der Waals surface area contributed by atoms with Crippen LogP contribution in [0.1, 0.15) is 27.0 Å². The van der Waals surface area contributed by atoms with Crippen LogP contribution in [0.25, 0.3) is 0 Å². The van der Waals surface area contributed by atoms with Crippen LogP contribution in [-0.2, 0) is 6.54 Å². The van der Waals surface area contributed by atoms with Crippen molar-refractivity contribution in [2.45, 2.75) is 13.5 Å². The first-order valence-electron chi connectivity index (χ1n) is 6.17. The van der Waals surface area contributed by atoms with Crippen molar-refractivity contribution in [3.8, 4) is 6.07 Å². The van der Waals surface area contributed by atoms with Crippen LogP contribution in [-0.4, -0.2) is 11.1 Å². The van der Waals surface area contributed by atoms with Crippen molar-refractivity contribution >= 4 is 11.7 Å². The third-order valence-electron chi connectivity index (χ3n) is 2.94. The summed E-state index contributed by atoms with van der Waals surface area (Å²) in [6.45, 7) is 2.32. The van der Waals surface area contributed by atoms with Gasteiger partial charge >= 0.3 is 5.97 Å². The van der Waals surface area contributed by atoms with Crippen LogP contribution in [0.4, 0.5) is 5.69 Å². The number of benzene rings is 2. The summed E-state index contributed by atoms with van der Waals surface area (Å²) in [4.78, 5) is 11.2. The highest BCUT2D eigenvalue weighted by Gasteiger charge is 2.09. The molecule has 0 amide bonds. The predicted molar refractivity (Wildman–Crippen MR) is 76.6 cm³/mol. The Morgan fingerprint density at radius 2 is 2.10 bits per heavy atom. The molecule has 0 saturated heterocycles. The highest BCUT2D eigenvalue weighted by Crippen LogP contribution is 2.18. The summed E-state index contributed by atoms with van der Waals surface area (Å²) in [5.41, 5.74) is 3.25. The minimum atomic E-state index is -0.957. The lowest BCUT2D eigenvalue weighted by atomic mass is 10.1. The molecule has 0 radical (unpaired) electrons. The molecule has 0 heterocycles. The Kier molecular flexibility index (Phi) is 4.02. The Bertz CT molecular complexity index is 687. The summed E-state index contributed by atoms with van der Waals surface area (Å²) in [6.07, 6.45) is 0. The number of carboxylic acid groups (broad SMARTS) is 1. The SMILES string of the molecule is Cc1ccc(NCc2cccc(C#N)c2)c(C(=O)O)c1. The molecule has 4 nitrogen and oxygen atoms in total. The van der Waals surface area contributed by atoms with E-state index < -0.39 is 5.97 Å². The summed E-state index contributed by atoms with van der Waals surface area (Å²) >= 11 is 0. The van der Waals surface area contributed by atoms with E-state index in [0.717, 1.165) is 11.1 Å². The number of aryl methyl sites for hydroxylation is 1. The first-order chi connectivity index (χ1) is 9.60. The van der Waals surface area contributed by atoms with E-state index in [1.807, 2.05) is 25.1 Å². The lowest BCUT2D eigenvalue weighted by Crippen LogP contribution is -2.06. The highest BCUT2D eigenvalue weighted by molar-refractivity contribution is 5.94. The Morgan fingerprint density at radius 1 is 1.30 bits per heavy atom. The van der Waals surface area contributed by atoms with Crippen LogP contribution in [0, 0.1) is 18.3 Å². The first kappa shape index (κ1) is 13.6. The normalized spacial score (nSPS) is 9.80. The number of hydrogen-bond donors (Lipinski definition) is 2. The zero-order chi connectivity index (χ0) is 14.5. The molecule has 0 spiro atoms.